The number of carbonyl (C=O) groups is 3. The second-order valence-corrected chi connectivity index (χ2v) is 5.19. The number of hydrogen-bond acceptors (Lipinski definition) is 6. The lowest BCUT2D eigenvalue weighted by molar-refractivity contribution is -0.111. The normalized spacial score (nSPS) is 10.6. The van der Waals surface area contributed by atoms with Crippen molar-refractivity contribution in [3.63, 3.8) is 0 Å². The average molecular weight is 357 g/mol. The molecule has 0 atom stereocenters. The minimum atomic E-state index is -0.557. The van der Waals surface area contributed by atoms with Crippen LogP contribution in [-0.2, 0) is 21.3 Å². The van der Waals surface area contributed by atoms with Crippen LogP contribution in [0.3, 0.4) is 0 Å². The van der Waals surface area contributed by atoms with Crippen LogP contribution >= 0.6 is 0 Å². The number of methoxy groups -OCH3 is 1. The molecule has 0 bridgehead atoms. The zero-order valence-electron chi connectivity index (χ0n) is 14.7. The molecule has 2 aromatic rings. The quantitative estimate of drug-likeness (QED) is 0.627. The van der Waals surface area contributed by atoms with Gasteiger partial charge < -0.3 is 14.8 Å². The van der Waals surface area contributed by atoms with Crippen molar-refractivity contribution in [1.29, 1.82) is 0 Å². The molecule has 1 amide bonds. The van der Waals surface area contributed by atoms with Crippen molar-refractivity contribution in [2.24, 2.45) is 7.05 Å². The Labute approximate surface area is 150 Å². The Morgan fingerprint density at radius 1 is 1.19 bits per heavy atom. The maximum absolute atomic E-state index is 12.1. The van der Waals surface area contributed by atoms with Gasteiger partial charge in [0, 0.05) is 13.1 Å². The highest BCUT2D eigenvalue weighted by atomic mass is 16.5. The third kappa shape index (κ3) is 4.56. The first-order valence-electron chi connectivity index (χ1n) is 7.82. The fourth-order valence-electron chi connectivity index (χ4n) is 2.12. The molecule has 0 aliphatic rings. The Hall–Kier alpha value is -3.42. The molecule has 1 aromatic carbocycles. The van der Waals surface area contributed by atoms with Gasteiger partial charge in [-0.25, -0.2) is 9.59 Å². The van der Waals surface area contributed by atoms with Gasteiger partial charge in [-0.1, -0.05) is 12.1 Å². The second kappa shape index (κ2) is 8.61. The van der Waals surface area contributed by atoms with Crippen molar-refractivity contribution in [2.75, 3.05) is 19.0 Å². The summed E-state index contributed by atoms with van der Waals surface area (Å²) >= 11 is 0. The van der Waals surface area contributed by atoms with E-state index in [1.807, 2.05) is 0 Å². The Kier molecular flexibility index (Phi) is 6.26. The number of anilines is 1. The summed E-state index contributed by atoms with van der Waals surface area (Å²) in [4.78, 5) is 35.4. The zero-order valence-corrected chi connectivity index (χ0v) is 14.7. The van der Waals surface area contributed by atoms with E-state index in [-0.39, 0.29) is 18.0 Å². The van der Waals surface area contributed by atoms with Gasteiger partial charge in [-0.3, -0.25) is 9.48 Å². The van der Waals surface area contributed by atoms with Gasteiger partial charge in [0.1, 0.15) is 11.4 Å². The van der Waals surface area contributed by atoms with E-state index in [9.17, 15) is 14.4 Å². The first kappa shape index (κ1) is 18.9. The fourth-order valence-corrected chi connectivity index (χ4v) is 2.12. The molecule has 1 N–H and O–H groups in total. The van der Waals surface area contributed by atoms with Crippen LogP contribution in [0.2, 0.25) is 0 Å². The number of esters is 2. The highest BCUT2D eigenvalue weighted by Gasteiger charge is 2.18. The second-order valence-electron chi connectivity index (χ2n) is 5.19. The van der Waals surface area contributed by atoms with Crippen LogP contribution < -0.4 is 5.32 Å². The number of aryl methyl sites for hydroxylation is 1. The molecule has 0 radical (unpaired) electrons. The first-order valence-corrected chi connectivity index (χ1v) is 7.82. The van der Waals surface area contributed by atoms with E-state index in [0.717, 1.165) is 5.56 Å². The zero-order chi connectivity index (χ0) is 19.1. The number of carbonyl (C=O) groups excluding carboxylic acids is 3. The van der Waals surface area contributed by atoms with Crippen LogP contribution in [0.1, 0.15) is 33.2 Å². The maximum Gasteiger partial charge on any atom is 0.343 e. The molecule has 0 saturated carbocycles. The molecule has 0 aliphatic carbocycles. The highest BCUT2D eigenvalue weighted by Crippen LogP contribution is 2.15. The molecule has 8 nitrogen and oxygen atoms in total. The van der Waals surface area contributed by atoms with E-state index in [1.54, 1.807) is 44.3 Å². The van der Waals surface area contributed by atoms with Gasteiger partial charge in [0.15, 0.2) is 0 Å². The van der Waals surface area contributed by atoms with Crippen molar-refractivity contribution in [2.45, 2.75) is 6.92 Å². The summed E-state index contributed by atoms with van der Waals surface area (Å²) in [6.45, 7) is 1.92. The lowest BCUT2D eigenvalue weighted by atomic mass is 10.1. The summed E-state index contributed by atoms with van der Waals surface area (Å²) in [6, 6.07) is 6.57. The van der Waals surface area contributed by atoms with Gasteiger partial charge >= 0.3 is 11.9 Å². The molecular weight excluding hydrogens is 338 g/mol. The number of benzene rings is 1. The largest absolute Gasteiger partial charge is 0.465 e. The molecule has 2 rings (SSSR count). The van der Waals surface area contributed by atoms with Gasteiger partial charge in [0.2, 0.25) is 5.91 Å². The van der Waals surface area contributed by atoms with Crippen LogP contribution in [0.5, 0.6) is 0 Å². The SMILES string of the molecule is CCOC(=O)c1cnn(C)c1NC(=O)/C=C/c1ccc(C(=O)OC)cc1. The molecular formula is C18H19N3O5. The third-order valence-electron chi connectivity index (χ3n) is 3.43. The average Bonchev–Trinajstić information content (AvgIpc) is 3.00. The summed E-state index contributed by atoms with van der Waals surface area (Å²) in [5, 5.41) is 6.57. The van der Waals surface area contributed by atoms with Gasteiger partial charge in [-0.05, 0) is 30.7 Å². The molecule has 136 valence electrons. The Balaban J connectivity index is 2.07. The molecule has 26 heavy (non-hydrogen) atoms. The van der Waals surface area contributed by atoms with Crippen LogP contribution in [0.4, 0.5) is 5.82 Å². The standard InChI is InChI=1S/C18H19N3O5/c1-4-26-18(24)14-11-19-21(2)16(14)20-15(22)10-7-12-5-8-13(9-6-12)17(23)25-3/h5-11H,4H2,1-3H3,(H,20,22)/b10-7+. The Morgan fingerprint density at radius 2 is 1.88 bits per heavy atom. The number of amides is 1. The summed E-state index contributed by atoms with van der Waals surface area (Å²) in [6.07, 6.45) is 4.23. The summed E-state index contributed by atoms with van der Waals surface area (Å²) in [7, 11) is 2.91. The molecule has 0 fully saturated rings. The number of ether oxygens (including phenoxy) is 2. The minimum absolute atomic E-state index is 0.179. The van der Waals surface area contributed by atoms with E-state index in [0.29, 0.717) is 5.56 Å². The number of nitrogens with one attached hydrogen (secondary N) is 1. The molecule has 1 aromatic heterocycles. The topological polar surface area (TPSA) is 99.5 Å². The number of rotatable bonds is 6. The van der Waals surface area contributed by atoms with E-state index >= 15 is 0 Å². The third-order valence-corrected chi connectivity index (χ3v) is 3.43. The lowest BCUT2D eigenvalue weighted by Gasteiger charge is -2.06. The fraction of sp³-hybridized carbons (Fsp3) is 0.222. The van der Waals surface area contributed by atoms with Crippen LogP contribution in [0.25, 0.3) is 6.08 Å². The highest BCUT2D eigenvalue weighted by molar-refractivity contribution is 6.05. The number of hydrogen-bond donors (Lipinski definition) is 1. The first-order chi connectivity index (χ1) is 12.5. The lowest BCUT2D eigenvalue weighted by Crippen LogP contribution is -2.15. The Morgan fingerprint density at radius 3 is 2.50 bits per heavy atom. The predicted octanol–water partition coefficient (Wildman–Crippen LogP) is 2.04. The van der Waals surface area contributed by atoms with Crippen molar-refractivity contribution >= 4 is 29.7 Å². The van der Waals surface area contributed by atoms with Gasteiger partial charge in [-0.15, -0.1) is 0 Å². The summed E-state index contributed by atoms with van der Waals surface area (Å²) < 4.78 is 10.9. The number of nitrogens with zero attached hydrogens (tertiary/aromatic N) is 2. The van der Waals surface area contributed by atoms with Crippen LogP contribution in [0.15, 0.2) is 36.5 Å². The molecule has 0 unspecified atom stereocenters. The summed E-state index contributed by atoms with van der Waals surface area (Å²) in [5.74, 6) is -1.17. The Bertz CT molecular complexity index is 837. The number of aromatic nitrogens is 2. The monoisotopic (exact) mass is 357 g/mol. The van der Waals surface area contributed by atoms with Crippen molar-refractivity contribution in [3.8, 4) is 0 Å². The van der Waals surface area contributed by atoms with Crippen molar-refractivity contribution < 1.29 is 23.9 Å². The van der Waals surface area contributed by atoms with Crippen LogP contribution in [0, 0.1) is 0 Å². The smallest absolute Gasteiger partial charge is 0.343 e. The van der Waals surface area contributed by atoms with Gasteiger partial charge in [0.05, 0.1) is 25.5 Å². The predicted molar refractivity (Wildman–Crippen MR) is 94.6 cm³/mol. The van der Waals surface area contributed by atoms with Gasteiger partial charge in [-0.2, -0.15) is 5.10 Å². The molecule has 0 spiro atoms. The molecule has 8 heteroatoms. The van der Waals surface area contributed by atoms with E-state index < -0.39 is 17.8 Å². The molecule has 0 saturated heterocycles. The van der Waals surface area contributed by atoms with Gasteiger partial charge in [0.25, 0.3) is 0 Å². The van der Waals surface area contributed by atoms with Crippen molar-refractivity contribution in [3.05, 3.63) is 53.2 Å². The molecule has 1 heterocycles. The molecule has 0 aliphatic heterocycles. The van der Waals surface area contributed by atoms with Crippen LogP contribution in [-0.4, -0.2) is 41.3 Å². The van der Waals surface area contributed by atoms with E-state index in [1.165, 1.54) is 24.1 Å². The maximum atomic E-state index is 12.1. The minimum Gasteiger partial charge on any atom is -0.465 e. The van der Waals surface area contributed by atoms with Crippen molar-refractivity contribution in [1.82, 2.24) is 9.78 Å². The summed E-state index contributed by atoms with van der Waals surface area (Å²) in [5.41, 5.74) is 1.32. The van der Waals surface area contributed by atoms with E-state index in [4.69, 9.17) is 4.74 Å². The van der Waals surface area contributed by atoms with E-state index in [2.05, 4.69) is 15.2 Å².